The lowest BCUT2D eigenvalue weighted by Gasteiger charge is -2.15. The maximum Gasteiger partial charge on any atom is 0.219 e. The Hall–Kier alpha value is -1.36. The summed E-state index contributed by atoms with van der Waals surface area (Å²) < 4.78 is 1.75. The van der Waals surface area contributed by atoms with Gasteiger partial charge in [0.15, 0.2) is 0 Å². The van der Waals surface area contributed by atoms with Gasteiger partial charge in [-0.1, -0.05) is 6.92 Å². The molecule has 5 heteroatoms. The van der Waals surface area contributed by atoms with Crippen LogP contribution in [0.5, 0.6) is 0 Å². The normalized spacial score (nSPS) is 12.7. The van der Waals surface area contributed by atoms with E-state index < -0.39 is 0 Å². The molecule has 1 atom stereocenters. The first-order chi connectivity index (χ1) is 7.04. The number of amides is 1. The third kappa shape index (κ3) is 3.06. The highest BCUT2D eigenvalue weighted by Crippen LogP contribution is 2.19. The topological polar surface area (TPSA) is 72.9 Å². The number of rotatable bonds is 5. The number of aromatic nitrogens is 2. The van der Waals surface area contributed by atoms with Gasteiger partial charge >= 0.3 is 0 Å². The summed E-state index contributed by atoms with van der Waals surface area (Å²) in [5.74, 6) is -0.302. The molecule has 1 rings (SSSR count). The van der Waals surface area contributed by atoms with E-state index in [0.717, 1.165) is 17.8 Å². The number of nitrogens with one attached hydrogen (secondary N) is 1. The molecule has 0 aliphatic carbocycles. The molecule has 0 fully saturated rings. The molecule has 1 aromatic heterocycles. The molecule has 0 spiro atoms. The standard InChI is InChI=1S/C10H18N4O/c1-4-12-9(5-10(11)15)8-6-14(3)13-7(8)2/h6,9,12H,4-5H2,1-3H3,(H2,11,15). The number of carbonyl (C=O) groups excluding carboxylic acids is 1. The fraction of sp³-hybridized carbons (Fsp3) is 0.600. The van der Waals surface area contributed by atoms with Gasteiger partial charge in [0.25, 0.3) is 0 Å². The van der Waals surface area contributed by atoms with E-state index in [9.17, 15) is 4.79 Å². The molecule has 3 N–H and O–H groups in total. The molecule has 1 unspecified atom stereocenters. The monoisotopic (exact) mass is 210 g/mol. The van der Waals surface area contributed by atoms with Crippen LogP contribution in [0.2, 0.25) is 0 Å². The van der Waals surface area contributed by atoms with Crippen LogP contribution < -0.4 is 11.1 Å². The number of aryl methyl sites for hydroxylation is 2. The number of hydrogen-bond acceptors (Lipinski definition) is 3. The van der Waals surface area contributed by atoms with Gasteiger partial charge in [-0.15, -0.1) is 0 Å². The summed E-state index contributed by atoms with van der Waals surface area (Å²) in [6.45, 7) is 4.73. The average Bonchev–Trinajstić information content (AvgIpc) is 2.44. The SMILES string of the molecule is CCNC(CC(N)=O)c1cn(C)nc1C. The second kappa shape index (κ2) is 4.93. The van der Waals surface area contributed by atoms with Crippen LogP contribution in [-0.4, -0.2) is 22.2 Å². The van der Waals surface area contributed by atoms with Crippen LogP contribution in [0.3, 0.4) is 0 Å². The summed E-state index contributed by atoms with van der Waals surface area (Å²) in [5.41, 5.74) is 7.19. The van der Waals surface area contributed by atoms with Gasteiger partial charge in [0, 0.05) is 31.3 Å². The Balaban J connectivity index is 2.87. The molecule has 84 valence electrons. The van der Waals surface area contributed by atoms with E-state index in [-0.39, 0.29) is 11.9 Å². The number of primary amides is 1. The summed E-state index contributed by atoms with van der Waals surface area (Å²) in [4.78, 5) is 10.9. The minimum absolute atomic E-state index is 0.0267. The first kappa shape index (κ1) is 11.7. The zero-order valence-electron chi connectivity index (χ0n) is 9.45. The third-order valence-corrected chi connectivity index (χ3v) is 2.28. The third-order valence-electron chi connectivity index (χ3n) is 2.28. The maximum absolute atomic E-state index is 10.9. The minimum atomic E-state index is -0.302. The molecule has 1 amide bonds. The van der Waals surface area contributed by atoms with Crippen LogP contribution in [0.1, 0.15) is 30.6 Å². The van der Waals surface area contributed by atoms with Crippen molar-refractivity contribution in [1.29, 1.82) is 0 Å². The number of nitrogens with two attached hydrogens (primary N) is 1. The summed E-state index contributed by atoms with van der Waals surface area (Å²) in [7, 11) is 1.86. The Labute approximate surface area is 89.6 Å². The van der Waals surface area contributed by atoms with E-state index in [1.54, 1.807) is 4.68 Å². The highest BCUT2D eigenvalue weighted by atomic mass is 16.1. The van der Waals surface area contributed by atoms with Gasteiger partial charge in [-0.25, -0.2) is 0 Å². The van der Waals surface area contributed by atoms with Gasteiger partial charge in [-0.3, -0.25) is 9.48 Å². The quantitative estimate of drug-likeness (QED) is 0.732. The van der Waals surface area contributed by atoms with Gasteiger partial charge in [0.05, 0.1) is 5.69 Å². The van der Waals surface area contributed by atoms with E-state index in [1.807, 2.05) is 27.1 Å². The molecule has 1 aromatic rings. The van der Waals surface area contributed by atoms with E-state index in [2.05, 4.69) is 10.4 Å². The van der Waals surface area contributed by atoms with E-state index in [4.69, 9.17) is 5.73 Å². The largest absolute Gasteiger partial charge is 0.370 e. The van der Waals surface area contributed by atoms with Gasteiger partial charge in [-0.2, -0.15) is 5.10 Å². The average molecular weight is 210 g/mol. The van der Waals surface area contributed by atoms with Crippen molar-refractivity contribution in [1.82, 2.24) is 15.1 Å². The van der Waals surface area contributed by atoms with Crippen LogP contribution in [0.15, 0.2) is 6.20 Å². The van der Waals surface area contributed by atoms with Crippen molar-refractivity contribution in [3.63, 3.8) is 0 Å². The summed E-state index contributed by atoms with van der Waals surface area (Å²) in [5, 5.41) is 7.48. The lowest BCUT2D eigenvalue weighted by molar-refractivity contribution is -0.118. The van der Waals surface area contributed by atoms with Crippen molar-refractivity contribution < 1.29 is 4.79 Å². The van der Waals surface area contributed by atoms with Crippen molar-refractivity contribution in [3.8, 4) is 0 Å². The van der Waals surface area contributed by atoms with Crippen molar-refractivity contribution >= 4 is 5.91 Å². The summed E-state index contributed by atoms with van der Waals surface area (Å²) in [6.07, 6.45) is 2.23. The number of hydrogen-bond donors (Lipinski definition) is 2. The Kier molecular flexibility index (Phi) is 3.85. The molecule has 15 heavy (non-hydrogen) atoms. The van der Waals surface area contributed by atoms with E-state index in [0.29, 0.717) is 6.42 Å². The first-order valence-electron chi connectivity index (χ1n) is 5.06. The fourth-order valence-corrected chi connectivity index (χ4v) is 1.70. The lowest BCUT2D eigenvalue weighted by atomic mass is 10.0. The number of carbonyl (C=O) groups is 1. The van der Waals surface area contributed by atoms with Crippen LogP contribution in [0.4, 0.5) is 0 Å². The van der Waals surface area contributed by atoms with Crippen LogP contribution in [0.25, 0.3) is 0 Å². The van der Waals surface area contributed by atoms with Gasteiger partial charge in [0.1, 0.15) is 0 Å². The second-order valence-electron chi connectivity index (χ2n) is 3.62. The minimum Gasteiger partial charge on any atom is -0.370 e. The molecule has 0 saturated carbocycles. The Morgan fingerprint density at radius 3 is 2.80 bits per heavy atom. The molecule has 0 saturated heterocycles. The maximum atomic E-state index is 10.9. The molecule has 1 heterocycles. The van der Waals surface area contributed by atoms with Crippen LogP contribution >= 0.6 is 0 Å². The smallest absolute Gasteiger partial charge is 0.219 e. The van der Waals surface area contributed by atoms with Crippen molar-refractivity contribution in [2.75, 3.05) is 6.54 Å². The molecule has 0 radical (unpaired) electrons. The summed E-state index contributed by atoms with van der Waals surface area (Å²) >= 11 is 0. The van der Waals surface area contributed by atoms with Gasteiger partial charge < -0.3 is 11.1 Å². The Bertz CT molecular complexity index is 345. The lowest BCUT2D eigenvalue weighted by Crippen LogP contribution is -2.26. The van der Waals surface area contributed by atoms with Crippen molar-refractivity contribution in [2.45, 2.75) is 26.3 Å². The highest BCUT2D eigenvalue weighted by Gasteiger charge is 2.17. The predicted octanol–water partition coefficient (Wildman–Crippen LogP) is 0.255. The zero-order chi connectivity index (χ0) is 11.4. The predicted molar refractivity (Wildman–Crippen MR) is 58.2 cm³/mol. The molecule has 5 nitrogen and oxygen atoms in total. The Morgan fingerprint density at radius 1 is 1.73 bits per heavy atom. The highest BCUT2D eigenvalue weighted by molar-refractivity contribution is 5.74. The van der Waals surface area contributed by atoms with Gasteiger partial charge in [-0.05, 0) is 13.5 Å². The number of nitrogens with zero attached hydrogens (tertiary/aromatic N) is 2. The zero-order valence-corrected chi connectivity index (χ0v) is 9.45. The second-order valence-corrected chi connectivity index (χ2v) is 3.62. The molecule has 0 bridgehead atoms. The van der Waals surface area contributed by atoms with E-state index in [1.165, 1.54) is 0 Å². The molecule has 0 aliphatic heterocycles. The van der Waals surface area contributed by atoms with Crippen LogP contribution in [-0.2, 0) is 11.8 Å². The molecule has 0 aromatic carbocycles. The fourth-order valence-electron chi connectivity index (χ4n) is 1.70. The molecular formula is C10H18N4O. The first-order valence-corrected chi connectivity index (χ1v) is 5.06. The Morgan fingerprint density at radius 2 is 2.40 bits per heavy atom. The summed E-state index contributed by atoms with van der Waals surface area (Å²) in [6, 6.07) is -0.0267. The van der Waals surface area contributed by atoms with Crippen molar-refractivity contribution in [3.05, 3.63) is 17.5 Å². The van der Waals surface area contributed by atoms with Crippen LogP contribution in [0, 0.1) is 6.92 Å². The molecular weight excluding hydrogens is 192 g/mol. The van der Waals surface area contributed by atoms with E-state index >= 15 is 0 Å². The van der Waals surface area contributed by atoms with Crippen molar-refractivity contribution in [2.24, 2.45) is 12.8 Å². The van der Waals surface area contributed by atoms with Gasteiger partial charge in [0.2, 0.25) is 5.91 Å². The molecule has 0 aliphatic rings.